The van der Waals surface area contributed by atoms with Crippen LogP contribution in [0, 0.1) is 13.8 Å². The van der Waals surface area contributed by atoms with Gasteiger partial charge in [-0.2, -0.15) is 0 Å². The molecule has 2 heterocycles. The van der Waals surface area contributed by atoms with Crippen molar-refractivity contribution in [3.63, 3.8) is 0 Å². The third-order valence-corrected chi connectivity index (χ3v) is 7.36. The smallest absolute Gasteiger partial charge is 0.230 e. The Bertz CT molecular complexity index is 1450. The summed E-state index contributed by atoms with van der Waals surface area (Å²) in [6.07, 6.45) is 1.15. The van der Waals surface area contributed by atoms with Crippen LogP contribution in [0.4, 0.5) is 5.13 Å². The van der Waals surface area contributed by atoms with Gasteiger partial charge in [-0.05, 0) is 79.9 Å². The largest absolute Gasteiger partial charge is 0.486 e. The Morgan fingerprint density at radius 3 is 2.41 bits per heavy atom. The number of benzene rings is 3. The number of likely N-dealkylation sites (N-methyl/N-ethyl adjacent to an activating group) is 1. The molecule has 1 amide bonds. The predicted molar refractivity (Wildman–Crippen MR) is 168 cm³/mol. The van der Waals surface area contributed by atoms with Crippen LogP contribution in [0.5, 0.6) is 11.5 Å². The molecule has 0 spiro atoms. The van der Waals surface area contributed by atoms with Crippen molar-refractivity contribution in [1.29, 1.82) is 0 Å². The Hall–Kier alpha value is -4.01. The number of hydrogen-bond donors (Lipinski definition) is 2. The van der Waals surface area contributed by atoms with Gasteiger partial charge < -0.3 is 24.9 Å². The van der Waals surface area contributed by atoms with Gasteiger partial charge in [0.1, 0.15) is 20.0 Å². The number of nitrogens with zero attached hydrogens (tertiary/aromatic N) is 1. The first kappa shape index (κ1) is 31.5. The van der Waals surface area contributed by atoms with E-state index in [0.29, 0.717) is 24.1 Å². The Morgan fingerprint density at radius 1 is 0.951 bits per heavy atom. The lowest BCUT2D eigenvalue weighted by Gasteiger charge is -2.18. The fourth-order valence-corrected chi connectivity index (χ4v) is 5.46. The fourth-order valence-electron chi connectivity index (χ4n) is 4.61. The number of nitrogens with one attached hydrogen (secondary N) is 2. The highest BCUT2D eigenvalue weighted by Gasteiger charge is 2.17. The second kappa shape index (κ2) is 15.7. The second-order valence-electron chi connectivity index (χ2n) is 9.17. The van der Waals surface area contributed by atoms with Crippen LogP contribution in [-0.4, -0.2) is 44.5 Å². The number of ether oxygens (including phenoxy) is 2. The fraction of sp³-hybridized carbons (Fsp3) is 0.303. The molecule has 0 atom stereocenters. The van der Waals surface area contributed by atoms with E-state index in [2.05, 4.69) is 60.0 Å². The maximum absolute atomic E-state index is 12.8. The highest BCUT2D eigenvalue weighted by Crippen LogP contribution is 2.35. The summed E-state index contributed by atoms with van der Waals surface area (Å²) in [5, 5.41) is 6.85. The molecule has 0 fully saturated rings. The topological polar surface area (TPSA) is 89.6 Å². The normalized spacial score (nSPS) is 11.4. The summed E-state index contributed by atoms with van der Waals surface area (Å²) in [6.45, 7) is 12.2. The Labute approximate surface area is 246 Å². The summed E-state index contributed by atoms with van der Waals surface area (Å²) in [6, 6.07) is 20.7. The minimum atomic E-state index is -0.110. The summed E-state index contributed by atoms with van der Waals surface area (Å²) in [7, 11) is 1.97. The van der Waals surface area contributed by atoms with Gasteiger partial charge in [-0.1, -0.05) is 56.3 Å². The van der Waals surface area contributed by atoms with E-state index in [4.69, 9.17) is 19.3 Å². The van der Waals surface area contributed by atoms with Crippen molar-refractivity contribution in [2.24, 2.45) is 0 Å². The van der Waals surface area contributed by atoms with Gasteiger partial charge in [0.05, 0.1) is 12.1 Å². The molecule has 0 saturated carbocycles. The number of aryl methyl sites for hydroxylation is 2. The maximum Gasteiger partial charge on any atom is 0.230 e. The number of aromatic nitrogens is 1. The predicted octanol–water partition coefficient (Wildman–Crippen LogP) is 6.65. The Morgan fingerprint density at radius 2 is 1.68 bits per heavy atom. The van der Waals surface area contributed by atoms with Crippen LogP contribution in [0.15, 0.2) is 60.7 Å². The van der Waals surface area contributed by atoms with Crippen molar-refractivity contribution < 1.29 is 19.1 Å². The molecule has 0 saturated heterocycles. The highest BCUT2D eigenvalue weighted by atomic mass is 32.1. The van der Waals surface area contributed by atoms with Gasteiger partial charge in [0.25, 0.3) is 0 Å². The molecule has 216 valence electrons. The van der Waals surface area contributed by atoms with Gasteiger partial charge in [-0.15, -0.1) is 11.3 Å². The molecule has 7 nitrogen and oxygen atoms in total. The first-order valence-electron chi connectivity index (χ1n) is 13.8. The van der Waals surface area contributed by atoms with Crippen LogP contribution in [0.3, 0.4) is 0 Å². The Kier molecular flexibility index (Phi) is 12.1. The lowest BCUT2D eigenvalue weighted by molar-refractivity contribution is -0.115. The van der Waals surface area contributed by atoms with Crippen LogP contribution in [-0.2, 0) is 22.4 Å². The van der Waals surface area contributed by atoms with Gasteiger partial charge >= 0.3 is 0 Å². The third-order valence-electron chi connectivity index (χ3n) is 6.47. The molecule has 4 aromatic rings. The Balaban J connectivity index is 0.00000111. The lowest BCUT2D eigenvalue weighted by atomic mass is 9.92. The van der Waals surface area contributed by atoms with Crippen LogP contribution < -0.4 is 20.1 Å². The number of amides is 1. The van der Waals surface area contributed by atoms with Crippen molar-refractivity contribution in [1.82, 2.24) is 10.3 Å². The molecule has 1 aliphatic rings. The molecule has 5 rings (SSSR count). The van der Waals surface area contributed by atoms with Crippen LogP contribution in [0.1, 0.15) is 35.4 Å². The zero-order valence-electron chi connectivity index (χ0n) is 24.5. The summed E-state index contributed by atoms with van der Waals surface area (Å²) >= 11 is 1.50. The summed E-state index contributed by atoms with van der Waals surface area (Å²) < 4.78 is 11.2. The van der Waals surface area contributed by atoms with Crippen molar-refractivity contribution in [3.8, 4) is 33.9 Å². The third kappa shape index (κ3) is 8.02. The van der Waals surface area contributed by atoms with Gasteiger partial charge in [-0.25, -0.2) is 4.98 Å². The first-order valence-corrected chi connectivity index (χ1v) is 14.6. The number of anilines is 1. The van der Waals surface area contributed by atoms with Crippen LogP contribution in [0.25, 0.3) is 22.4 Å². The molecule has 1 aromatic heterocycles. The minimum absolute atomic E-state index is 0.110. The zero-order chi connectivity index (χ0) is 29.8. The molecular weight excluding hydrogens is 534 g/mol. The standard InChI is InChI=1S/C30H31N3O3S.C2H6.CH2O/c1-19-6-4-5-7-24(19)25-10-9-23(18-22(25)12-13-31-3)29-20(2)37-30(33-29)32-28(34)17-21-8-11-26-27(16-21)36-15-14-35-26;2*1-2/h4-11,16,18,31H,12-15,17H2,1-3H3,(H,32,33,34);1-2H3;1H2. The van der Waals surface area contributed by atoms with Crippen molar-refractivity contribution in [2.75, 3.05) is 32.1 Å². The van der Waals surface area contributed by atoms with Crippen LogP contribution >= 0.6 is 11.3 Å². The zero-order valence-corrected chi connectivity index (χ0v) is 25.3. The average molecular weight is 574 g/mol. The number of rotatable bonds is 8. The van der Waals surface area contributed by atoms with E-state index in [0.717, 1.165) is 40.4 Å². The van der Waals surface area contributed by atoms with Gasteiger partial charge in [-0.3, -0.25) is 4.79 Å². The van der Waals surface area contributed by atoms with E-state index in [9.17, 15) is 4.79 Å². The first-order chi connectivity index (χ1) is 20.0. The summed E-state index contributed by atoms with van der Waals surface area (Å²) in [5.74, 6) is 1.30. The van der Waals surface area contributed by atoms with Crippen molar-refractivity contribution >= 4 is 29.2 Å². The molecule has 0 unspecified atom stereocenters. The van der Waals surface area contributed by atoms with Gasteiger partial charge in [0.15, 0.2) is 16.6 Å². The number of carbonyl (C=O) groups excluding carboxylic acids is 2. The number of carbonyl (C=O) groups is 2. The quantitative estimate of drug-likeness (QED) is 0.245. The second-order valence-corrected chi connectivity index (χ2v) is 10.4. The van der Waals surface area contributed by atoms with E-state index in [1.54, 1.807) is 0 Å². The molecule has 41 heavy (non-hydrogen) atoms. The highest BCUT2D eigenvalue weighted by molar-refractivity contribution is 7.16. The summed E-state index contributed by atoms with van der Waals surface area (Å²) in [4.78, 5) is 26.7. The van der Waals surface area contributed by atoms with Gasteiger partial charge in [0, 0.05) is 10.4 Å². The molecule has 1 aliphatic heterocycles. The molecule has 0 radical (unpaired) electrons. The SMILES string of the molecule is C=O.CC.CNCCc1cc(-c2nc(NC(=O)Cc3ccc4c(c3)OCCO4)sc2C)ccc1-c1ccccc1C. The average Bonchev–Trinajstić information content (AvgIpc) is 3.37. The van der Waals surface area contributed by atoms with E-state index in [1.165, 1.54) is 33.6 Å². The molecule has 2 N–H and O–H groups in total. The van der Waals surface area contributed by atoms with E-state index in [1.807, 2.05) is 52.8 Å². The molecule has 3 aromatic carbocycles. The molecule has 0 bridgehead atoms. The lowest BCUT2D eigenvalue weighted by Crippen LogP contribution is -2.17. The van der Waals surface area contributed by atoms with E-state index < -0.39 is 0 Å². The summed E-state index contributed by atoms with van der Waals surface area (Å²) in [5.41, 5.74) is 7.87. The maximum atomic E-state index is 12.8. The molecular formula is C33H39N3O4S. The number of fused-ring (bicyclic) bond motifs is 1. The van der Waals surface area contributed by atoms with Crippen LogP contribution in [0.2, 0.25) is 0 Å². The number of hydrogen-bond acceptors (Lipinski definition) is 7. The monoisotopic (exact) mass is 573 g/mol. The van der Waals surface area contributed by atoms with Gasteiger partial charge in [0.2, 0.25) is 5.91 Å². The van der Waals surface area contributed by atoms with E-state index in [-0.39, 0.29) is 12.3 Å². The van der Waals surface area contributed by atoms with E-state index >= 15 is 0 Å². The van der Waals surface area contributed by atoms with Crippen molar-refractivity contribution in [3.05, 3.63) is 82.2 Å². The number of thiazole rings is 1. The minimum Gasteiger partial charge on any atom is -0.486 e. The molecule has 0 aliphatic carbocycles. The molecule has 8 heteroatoms. The van der Waals surface area contributed by atoms with Crippen molar-refractivity contribution in [2.45, 2.75) is 40.5 Å².